The second-order valence-corrected chi connectivity index (χ2v) is 13.6. The molecule has 0 saturated carbocycles. The molecular weight excluding hydrogens is 492 g/mol. The summed E-state index contributed by atoms with van der Waals surface area (Å²) in [5, 5.41) is -0.958. The van der Waals surface area contributed by atoms with Gasteiger partial charge in [-0.2, -0.15) is 10.6 Å². The van der Waals surface area contributed by atoms with Crippen molar-refractivity contribution in [2.75, 3.05) is 38.5 Å². The summed E-state index contributed by atoms with van der Waals surface area (Å²) in [7, 11) is -6.93. The molecule has 1 saturated heterocycles. The highest BCUT2D eigenvalue weighted by atomic mass is 32.3. The summed E-state index contributed by atoms with van der Waals surface area (Å²) < 4.78 is 48.7. The molecule has 5 rings (SSSR count). The summed E-state index contributed by atoms with van der Waals surface area (Å²) in [6, 6.07) is 24.0. The van der Waals surface area contributed by atoms with Gasteiger partial charge in [0.05, 0.1) is 15.5 Å². The van der Waals surface area contributed by atoms with Crippen LogP contribution in [0.25, 0.3) is 6.08 Å². The molecule has 1 unspecified atom stereocenters. The predicted octanol–water partition coefficient (Wildman–Crippen LogP) is 5.16. The maximum absolute atomic E-state index is 13.5. The van der Waals surface area contributed by atoms with Gasteiger partial charge in [-0.15, -0.1) is 0 Å². The summed E-state index contributed by atoms with van der Waals surface area (Å²) in [6.07, 6.45) is 4.34. The molecule has 2 aliphatic rings. The molecule has 2 heterocycles. The summed E-state index contributed by atoms with van der Waals surface area (Å²) in [6.45, 7) is 5.07. The van der Waals surface area contributed by atoms with Crippen LogP contribution in [0.5, 0.6) is 0 Å². The van der Waals surface area contributed by atoms with Crippen LogP contribution in [0, 0.1) is 0 Å². The zero-order chi connectivity index (χ0) is 25.2. The maximum atomic E-state index is 13.5. The lowest BCUT2D eigenvalue weighted by Crippen LogP contribution is -2.45. The van der Waals surface area contributed by atoms with Crippen LogP contribution in [0.4, 0.5) is 0 Å². The lowest BCUT2D eigenvalue weighted by atomic mass is 10.0. The van der Waals surface area contributed by atoms with Gasteiger partial charge in [0, 0.05) is 39.3 Å². The Kier molecular flexibility index (Phi) is 7.35. The molecule has 0 amide bonds. The first kappa shape index (κ1) is 25.2. The van der Waals surface area contributed by atoms with E-state index in [4.69, 9.17) is 0 Å². The van der Waals surface area contributed by atoms with E-state index in [1.165, 1.54) is 5.56 Å². The zero-order valence-electron chi connectivity index (χ0n) is 20.1. The summed E-state index contributed by atoms with van der Waals surface area (Å²) in [5.41, 5.74) is 2.64. The first-order valence-corrected chi connectivity index (χ1v) is 15.4. The van der Waals surface area contributed by atoms with Gasteiger partial charge in [0.25, 0.3) is 0 Å². The number of benzene rings is 3. The third kappa shape index (κ3) is 5.29. The van der Waals surface area contributed by atoms with Gasteiger partial charge >= 0.3 is 0 Å². The SMILES string of the molecule is O=S(=O)(c1ccccc1)C1CS(O)(O)c2cccc(CN3CCN(C/C=C/c4ccccc4)CC3)c21. The molecular formula is C28H32N2O4S2. The van der Waals surface area contributed by atoms with Crippen molar-refractivity contribution in [1.29, 1.82) is 0 Å². The summed E-state index contributed by atoms with van der Waals surface area (Å²) in [4.78, 5) is 5.33. The Morgan fingerprint density at radius 1 is 0.833 bits per heavy atom. The zero-order valence-corrected chi connectivity index (χ0v) is 21.7. The molecule has 0 aliphatic carbocycles. The van der Waals surface area contributed by atoms with Crippen molar-refractivity contribution in [3.05, 3.63) is 102 Å². The minimum atomic E-state index is -3.76. The van der Waals surface area contributed by atoms with E-state index in [1.807, 2.05) is 30.3 Å². The molecule has 0 aromatic heterocycles. The first-order chi connectivity index (χ1) is 17.3. The van der Waals surface area contributed by atoms with Gasteiger partial charge in [-0.25, -0.2) is 8.42 Å². The molecule has 0 radical (unpaired) electrons. The van der Waals surface area contributed by atoms with Gasteiger partial charge in [0.1, 0.15) is 5.25 Å². The Hall–Kier alpha value is -2.46. The maximum Gasteiger partial charge on any atom is 0.187 e. The van der Waals surface area contributed by atoms with Crippen LogP contribution < -0.4 is 0 Å². The van der Waals surface area contributed by atoms with E-state index in [0.29, 0.717) is 17.0 Å². The number of hydrogen-bond acceptors (Lipinski definition) is 6. The Labute approximate surface area is 215 Å². The third-order valence-electron chi connectivity index (χ3n) is 6.99. The molecule has 3 aromatic carbocycles. The van der Waals surface area contributed by atoms with Crippen molar-refractivity contribution in [3.63, 3.8) is 0 Å². The molecule has 1 fully saturated rings. The van der Waals surface area contributed by atoms with Crippen molar-refractivity contribution >= 4 is 26.5 Å². The minimum Gasteiger partial charge on any atom is -0.297 e. The Bertz CT molecular complexity index is 1320. The lowest BCUT2D eigenvalue weighted by molar-refractivity contribution is 0.137. The topological polar surface area (TPSA) is 81.1 Å². The fourth-order valence-corrected chi connectivity index (χ4v) is 9.56. The van der Waals surface area contributed by atoms with Gasteiger partial charge < -0.3 is 0 Å². The van der Waals surface area contributed by atoms with Gasteiger partial charge in [-0.1, -0.05) is 72.8 Å². The van der Waals surface area contributed by atoms with E-state index in [9.17, 15) is 17.5 Å². The number of hydrogen-bond donors (Lipinski definition) is 2. The van der Waals surface area contributed by atoms with Gasteiger partial charge in [-0.05, 0) is 34.9 Å². The van der Waals surface area contributed by atoms with Crippen molar-refractivity contribution < 1.29 is 17.5 Å². The molecule has 6 nitrogen and oxygen atoms in total. The first-order valence-electron chi connectivity index (χ1n) is 12.2. The number of sulfone groups is 1. The fourth-order valence-electron chi connectivity index (χ4n) is 5.05. The molecule has 2 N–H and O–H groups in total. The van der Waals surface area contributed by atoms with Crippen LogP contribution in [-0.4, -0.2) is 65.8 Å². The second-order valence-electron chi connectivity index (χ2n) is 9.40. The molecule has 0 bridgehead atoms. The van der Waals surface area contributed by atoms with Crippen molar-refractivity contribution in [2.45, 2.75) is 21.6 Å². The van der Waals surface area contributed by atoms with Crippen LogP contribution in [0.1, 0.15) is 21.9 Å². The molecule has 1 atom stereocenters. The summed E-state index contributed by atoms with van der Waals surface area (Å²) >= 11 is 0. The Morgan fingerprint density at radius 3 is 2.17 bits per heavy atom. The summed E-state index contributed by atoms with van der Waals surface area (Å²) in [5.74, 6) is -0.182. The fraction of sp³-hybridized carbons (Fsp3) is 0.286. The number of fused-ring (bicyclic) bond motifs is 1. The van der Waals surface area contributed by atoms with E-state index < -0.39 is 25.7 Å². The van der Waals surface area contributed by atoms with Crippen molar-refractivity contribution in [2.24, 2.45) is 0 Å². The Balaban J connectivity index is 1.30. The van der Waals surface area contributed by atoms with E-state index >= 15 is 0 Å². The van der Waals surface area contributed by atoms with Crippen molar-refractivity contribution in [1.82, 2.24) is 9.80 Å². The van der Waals surface area contributed by atoms with Crippen LogP contribution >= 0.6 is 10.6 Å². The predicted molar refractivity (Wildman–Crippen MR) is 146 cm³/mol. The van der Waals surface area contributed by atoms with Gasteiger partial charge in [-0.3, -0.25) is 18.9 Å². The van der Waals surface area contributed by atoms with Crippen molar-refractivity contribution in [3.8, 4) is 0 Å². The number of piperazine rings is 1. The molecule has 2 aliphatic heterocycles. The molecule has 0 spiro atoms. The van der Waals surface area contributed by atoms with E-state index in [-0.39, 0.29) is 10.6 Å². The second kappa shape index (κ2) is 10.5. The largest absolute Gasteiger partial charge is 0.297 e. The molecule has 190 valence electrons. The van der Waals surface area contributed by atoms with E-state index in [0.717, 1.165) is 38.3 Å². The average molecular weight is 525 g/mol. The number of rotatable bonds is 7. The standard InChI is InChI=1S/C28H32N2O4S2/c31-35(32)22-27(36(33,34)25-13-5-2-6-14-25)28-24(12-7-15-26(28)35)21-30-19-17-29(18-20-30)16-8-11-23-9-3-1-4-10-23/h1-15,27,31-32H,16-22H2/b11-8+. The highest BCUT2D eigenvalue weighted by Gasteiger charge is 2.44. The van der Waals surface area contributed by atoms with Gasteiger partial charge in [0.15, 0.2) is 9.84 Å². The smallest absolute Gasteiger partial charge is 0.187 e. The van der Waals surface area contributed by atoms with E-state index in [1.54, 1.807) is 36.4 Å². The van der Waals surface area contributed by atoms with Gasteiger partial charge in [0.2, 0.25) is 0 Å². The lowest BCUT2D eigenvalue weighted by Gasteiger charge is -2.34. The molecule has 3 aromatic rings. The average Bonchev–Trinajstić information content (AvgIpc) is 3.18. The van der Waals surface area contributed by atoms with Crippen LogP contribution in [-0.2, 0) is 16.4 Å². The number of nitrogens with zero attached hydrogens (tertiary/aromatic N) is 2. The van der Waals surface area contributed by atoms with E-state index in [2.05, 4.69) is 34.1 Å². The highest BCUT2D eigenvalue weighted by Crippen LogP contribution is 2.62. The normalized spacial score (nSPS) is 21.4. The molecule has 8 heteroatoms. The van der Waals surface area contributed by atoms with Crippen LogP contribution in [0.15, 0.2) is 94.7 Å². The molecule has 36 heavy (non-hydrogen) atoms. The third-order valence-corrected chi connectivity index (χ3v) is 11.1. The van der Waals surface area contributed by atoms with Crippen LogP contribution in [0.2, 0.25) is 0 Å². The highest BCUT2D eigenvalue weighted by molar-refractivity contribution is 8.25. The quantitative estimate of drug-likeness (QED) is 0.445. The Morgan fingerprint density at radius 2 is 1.47 bits per heavy atom. The minimum absolute atomic E-state index is 0.182. The van der Waals surface area contributed by atoms with Crippen LogP contribution in [0.3, 0.4) is 0 Å². The monoisotopic (exact) mass is 524 g/mol.